The van der Waals surface area contributed by atoms with Crippen molar-refractivity contribution in [3.63, 3.8) is 0 Å². The van der Waals surface area contributed by atoms with Gasteiger partial charge < -0.3 is 15.9 Å². The molecule has 68 valence electrons. The van der Waals surface area contributed by atoms with Crippen molar-refractivity contribution < 1.29 is 9.53 Å². The van der Waals surface area contributed by atoms with Crippen LogP contribution in [0, 0.1) is 5.41 Å². The third-order valence-corrected chi connectivity index (χ3v) is 1.66. The summed E-state index contributed by atoms with van der Waals surface area (Å²) in [7, 11) is 1.31. The fourth-order valence-corrected chi connectivity index (χ4v) is 0.945. The molecule has 1 rings (SSSR count). The lowest BCUT2D eigenvalue weighted by molar-refractivity contribution is 0.0601. The van der Waals surface area contributed by atoms with E-state index in [-0.39, 0.29) is 0 Å². The molecule has 0 amide bonds. The first kappa shape index (κ1) is 9.25. The number of anilines is 1. The minimum atomic E-state index is -0.428. The highest BCUT2D eigenvalue weighted by Gasteiger charge is 2.06. The van der Waals surface area contributed by atoms with Gasteiger partial charge in [0.25, 0.3) is 0 Å². The average molecular weight is 178 g/mol. The van der Waals surface area contributed by atoms with Crippen LogP contribution in [0.4, 0.5) is 5.69 Å². The van der Waals surface area contributed by atoms with E-state index in [0.717, 1.165) is 6.21 Å². The van der Waals surface area contributed by atoms with Crippen LogP contribution < -0.4 is 5.73 Å². The van der Waals surface area contributed by atoms with E-state index in [1.165, 1.54) is 13.2 Å². The van der Waals surface area contributed by atoms with Gasteiger partial charge >= 0.3 is 5.97 Å². The fourth-order valence-electron chi connectivity index (χ4n) is 0.945. The van der Waals surface area contributed by atoms with Crippen LogP contribution in [-0.2, 0) is 4.74 Å². The summed E-state index contributed by atoms with van der Waals surface area (Å²) in [5, 5.41) is 7.02. The molecule has 0 aliphatic carbocycles. The van der Waals surface area contributed by atoms with E-state index in [4.69, 9.17) is 11.1 Å². The summed E-state index contributed by atoms with van der Waals surface area (Å²) < 4.78 is 4.52. The maximum absolute atomic E-state index is 11.1. The maximum atomic E-state index is 11.1. The number of hydrogen-bond acceptors (Lipinski definition) is 4. The van der Waals surface area contributed by atoms with Gasteiger partial charge in [-0.2, -0.15) is 0 Å². The van der Waals surface area contributed by atoms with Crippen LogP contribution in [0.1, 0.15) is 15.9 Å². The minimum absolute atomic E-state index is 0.398. The summed E-state index contributed by atoms with van der Waals surface area (Å²) in [6, 6.07) is 4.66. The molecule has 13 heavy (non-hydrogen) atoms. The fraction of sp³-hybridized carbons (Fsp3) is 0.111. The highest BCUT2D eigenvalue weighted by Crippen LogP contribution is 2.12. The number of nitrogens with two attached hydrogens (primary N) is 1. The Bertz CT molecular complexity index is 347. The van der Waals surface area contributed by atoms with Crippen molar-refractivity contribution in [3.05, 3.63) is 29.3 Å². The molecule has 0 aliphatic rings. The van der Waals surface area contributed by atoms with Gasteiger partial charge in [0, 0.05) is 17.5 Å². The molecule has 0 heterocycles. The van der Waals surface area contributed by atoms with Crippen molar-refractivity contribution in [1.82, 2.24) is 0 Å². The van der Waals surface area contributed by atoms with Gasteiger partial charge in [0.05, 0.1) is 12.7 Å². The van der Waals surface area contributed by atoms with Crippen molar-refractivity contribution in [1.29, 1.82) is 5.41 Å². The highest BCUT2D eigenvalue weighted by atomic mass is 16.5. The molecule has 0 saturated heterocycles. The first-order valence-electron chi connectivity index (χ1n) is 3.67. The predicted molar refractivity (Wildman–Crippen MR) is 50.1 cm³/mol. The number of benzene rings is 1. The topological polar surface area (TPSA) is 76.2 Å². The van der Waals surface area contributed by atoms with E-state index in [1.807, 2.05) is 0 Å². The monoisotopic (exact) mass is 178 g/mol. The van der Waals surface area contributed by atoms with E-state index in [2.05, 4.69) is 4.74 Å². The summed E-state index contributed by atoms with van der Waals surface area (Å²) >= 11 is 0. The molecule has 3 N–H and O–H groups in total. The molecule has 0 bridgehead atoms. The Morgan fingerprint density at radius 2 is 2.31 bits per heavy atom. The Morgan fingerprint density at radius 1 is 1.62 bits per heavy atom. The van der Waals surface area contributed by atoms with Crippen LogP contribution in [-0.4, -0.2) is 19.3 Å². The van der Waals surface area contributed by atoms with E-state index >= 15 is 0 Å². The molecule has 1 aromatic carbocycles. The van der Waals surface area contributed by atoms with Gasteiger partial charge in [-0.3, -0.25) is 0 Å². The van der Waals surface area contributed by atoms with Crippen LogP contribution in [0.5, 0.6) is 0 Å². The Morgan fingerprint density at radius 3 is 2.85 bits per heavy atom. The first-order valence-corrected chi connectivity index (χ1v) is 3.67. The third kappa shape index (κ3) is 1.84. The molecule has 0 aromatic heterocycles. The standard InChI is InChI=1S/C9H10N2O2/c1-13-9(12)6-2-3-8(11)7(4-6)5-10/h2-5,10H,11H2,1H3. The zero-order valence-electron chi connectivity index (χ0n) is 7.20. The minimum Gasteiger partial charge on any atom is -0.465 e. The van der Waals surface area contributed by atoms with Crippen molar-refractivity contribution in [2.75, 3.05) is 12.8 Å². The number of esters is 1. The van der Waals surface area contributed by atoms with Gasteiger partial charge in [-0.1, -0.05) is 0 Å². The van der Waals surface area contributed by atoms with Gasteiger partial charge in [-0.25, -0.2) is 4.79 Å². The Kier molecular flexibility index (Phi) is 2.64. The third-order valence-electron chi connectivity index (χ3n) is 1.66. The molecule has 4 nitrogen and oxygen atoms in total. The van der Waals surface area contributed by atoms with Gasteiger partial charge in [0.15, 0.2) is 0 Å². The molecule has 0 saturated carbocycles. The number of hydrogen-bond donors (Lipinski definition) is 2. The maximum Gasteiger partial charge on any atom is 0.337 e. The number of carbonyl (C=O) groups excluding carboxylic acids is 1. The largest absolute Gasteiger partial charge is 0.465 e. The zero-order chi connectivity index (χ0) is 9.84. The molecule has 0 aliphatic heterocycles. The Balaban J connectivity index is 3.13. The van der Waals surface area contributed by atoms with E-state index < -0.39 is 5.97 Å². The molecular weight excluding hydrogens is 168 g/mol. The molecule has 0 unspecified atom stereocenters. The van der Waals surface area contributed by atoms with Crippen LogP contribution in [0.2, 0.25) is 0 Å². The molecule has 0 radical (unpaired) electrons. The van der Waals surface area contributed by atoms with Crippen molar-refractivity contribution in [2.45, 2.75) is 0 Å². The lowest BCUT2D eigenvalue weighted by atomic mass is 10.1. The summed E-state index contributed by atoms with van der Waals surface area (Å²) in [4.78, 5) is 11.1. The Labute approximate surface area is 75.8 Å². The molecule has 1 aromatic rings. The molecule has 0 spiro atoms. The number of nitrogens with one attached hydrogen (secondary N) is 1. The SMILES string of the molecule is COC(=O)c1ccc(N)c(C=N)c1. The second-order valence-electron chi connectivity index (χ2n) is 2.48. The van der Waals surface area contributed by atoms with Gasteiger partial charge in [-0.15, -0.1) is 0 Å². The van der Waals surface area contributed by atoms with Crippen LogP contribution >= 0.6 is 0 Å². The van der Waals surface area contributed by atoms with E-state index in [0.29, 0.717) is 16.8 Å². The summed E-state index contributed by atoms with van der Waals surface area (Å²) in [6.07, 6.45) is 1.10. The normalized spacial score (nSPS) is 9.31. The zero-order valence-corrected chi connectivity index (χ0v) is 7.20. The number of methoxy groups -OCH3 is 1. The second kappa shape index (κ2) is 3.71. The smallest absolute Gasteiger partial charge is 0.337 e. The number of rotatable bonds is 2. The Hall–Kier alpha value is -1.84. The molecular formula is C9H10N2O2. The number of nitrogen functional groups attached to an aromatic ring is 1. The second-order valence-corrected chi connectivity index (χ2v) is 2.48. The molecule has 0 fully saturated rings. The first-order chi connectivity index (χ1) is 6.19. The predicted octanol–water partition coefficient (Wildman–Crippen LogP) is 1.05. The van der Waals surface area contributed by atoms with Crippen molar-refractivity contribution in [2.24, 2.45) is 0 Å². The number of ether oxygens (including phenoxy) is 1. The average Bonchev–Trinajstić information content (AvgIpc) is 2.17. The lowest BCUT2D eigenvalue weighted by Crippen LogP contribution is -2.03. The van der Waals surface area contributed by atoms with Crippen molar-refractivity contribution in [3.8, 4) is 0 Å². The van der Waals surface area contributed by atoms with Crippen LogP contribution in [0.3, 0.4) is 0 Å². The highest BCUT2D eigenvalue weighted by molar-refractivity contribution is 5.94. The molecule has 4 heteroatoms. The van der Waals surface area contributed by atoms with Gasteiger partial charge in [-0.05, 0) is 18.2 Å². The summed E-state index contributed by atoms with van der Waals surface area (Å²) in [5.74, 6) is -0.428. The van der Waals surface area contributed by atoms with Gasteiger partial charge in [0.2, 0.25) is 0 Å². The number of carbonyl (C=O) groups is 1. The van der Waals surface area contributed by atoms with E-state index in [9.17, 15) is 4.79 Å². The quantitative estimate of drug-likeness (QED) is 0.403. The lowest BCUT2D eigenvalue weighted by Gasteiger charge is -2.02. The summed E-state index contributed by atoms with van der Waals surface area (Å²) in [6.45, 7) is 0. The molecule has 0 atom stereocenters. The van der Waals surface area contributed by atoms with Crippen LogP contribution in [0.25, 0.3) is 0 Å². The summed E-state index contributed by atoms with van der Waals surface area (Å²) in [5.41, 5.74) is 6.93. The van der Waals surface area contributed by atoms with Gasteiger partial charge in [0.1, 0.15) is 0 Å². The van der Waals surface area contributed by atoms with Crippen molar-refractivity contribution >= 4 is 17.9 Å². The van der Waals surface area contributed by atoms with Crippen LogP contribution in [0.15, 0.2) is 18.2 Å². The van der Waals surface area contributed by atoms with E-state index in [1.54, 1.807) is 12.1 Å².